The van der Waals surface area contributed by atoms with Crippen molar-refractivity contribution < 1.29 is 26.7 Å². The van der Waals surface area contributed by atoms with Crippen LogP contribution in [0, 0.1) is 0 Å². The number of pyridine rings is 3. The quantitative estimate of drug-likeness (QED) is 0.344. The molecule has 3 aromatic heterocycles. The summed E-state index contributed by atoms with van der Waals surface area (Å²) in [4.78, 5) is 30.1. The highest BCUT2D eigenvalue weighted by Crippen LogP contribution is 2.33. The van der Waals surface area contributed by atoms with Gasteiger partial charge in [-0.1, -0.05) is 12.1 Å². The number of nitrogens with one attached hydrogen (secondary N) is 1. The van der Waals surface area contributed by atoms with Crippen molar-refractivity contribution in [1.82, 2.24) is 25.2 Å². The van der Waals surface area contributed by atoms with E-state index in [4.69, 9.17) is 9.72 Å². The minimum atomic E-state index is -3.54. The fraction of sp³-hybridized carbons (Fsp3) is 0.355. The molecule has 230 valence electrons. The predicted octanol–water partition coefficient (Wildman–Crippen LogP) is 3.70. The van der Waals surface area contributed by atoms with Crippen LogP contribution >= 0.6 is 0 Å². The van der Waals surface area contributed by atoms with Gasteiger partial charge in [0.25, 0.3) is 11.8 Å². The first-order valence-corrected chi connectivity index (χ1v) is 15.9. The monoisotopic (exact) mass is 622 g/mol. The lowest BCUT2D eigenvalue weighted by molar-refractivity contribution is -0.0753. The van der Waals surface area contributed by atoms with Crippen LogP contribution in [0.4, 0.5) is 14.6 Å². The summed E-state index contributed by atoms with van der Waals surface area (Å²) in [6, 6.07) is 14.5. The first-order chi connectivity index (χ1) is 21.0. The van der Waals surface area contributed by atoms with Crippen molar-refractivity contribution in [3.05, 3.63) is 77.6 Å². The van der Waals surface area contributed by atoms with Gasteiger partial charge in [0, 0.05) is 23.7 Å². The van der Waals surface area contributed by atoms with Crippen LogP contribution in [-0.4, -0.2) is 85.7 Å². The Labute approximate surface area is 254 Å². The van der Waals surface area contributed by atoms with Gasteiger partial charge in [-0.3, -0.25) is 9.78 Å². The first kappa shape index (κ1) is 30.0. The molecule has 1 saturated heterocycles. The van der Waals surface area contributed by atoms with E-state index in [9.17, 15) is 22.0 Å². The Morgan fingerprint density at radius 3 is 2.73 bits per heavy atom. The molecule has 6 rings (SSSR count). The van der Waals surface area contributed by atoms with Gasteiger partial charge >= 0.3 is 0 Å². The maximum Gasteiger partial charge on any atom is 0.280 e. The summed E-state index contributed by atoms with van der Waals surface area (Å²) >= 11 is 0. The van der Waals surface area contributed by atoms with Gasteiger partial charge in [-0.25, -0.2) is 27.2 Å². The molecule has 1 atom stereocenters. The summed E-state index contributed by atoms with van der Waals surface area (Å²) in [6.07, 6.45) is 1.98. The van der Waals surface area contributed by atoms with Crippen molar-refractivity contribution in [2.75, 3.05) is 44.4 Å². The third kappa shape index (κ3) is 6.12. The summed E-state index contributed by atoms with van der Waals surface area (Å²) in [5.41, 5.74) is 3.07. The fourth-order valence-corrected chi connectivity index (χ4v) is 7.03. The zero-order valence-corrected chi connectivity index (χ0v) is 25.2. The van der Waals surface area contributed by atoms with Crippen molar-refractivity contribution >= 4 is 32.5 Å². The van der Waals surface area contributed by atoms with E-state index < -0.39 is 34.3 Å². The Balaban J connectivity index is 1.18. The number of rotatable bonds is 6. The number of carbonyl (C=O) groups is 1. The number of hydrogen-bond acceptors (Lipinski definition) is 9. The van der Waals surface area contributed by atoms with Crippen LogP contribution in [-0.2, 0) is 27.7 Å². The number of fused-ring (bicyclic) bond motifs is 2. The average molecular weight is 623 g/mol. The average Bonchev–Trinajstić information content (AvgIpc) is 3.15. The molecule has 0 unspecified atom stereocenters. The molecule has 1 aromatic carbocycles. The van der Waals surface area contributed by atoms with Crippen molar-refractivity contribution in [3.63, 3.8) is 0 Å². The Hall–Kier alpha value is -4.07. The van der Waals surface area contributed by atoms with E-state index in [1.54, 1.807) is 66.5 Å². The second kappa shape index (κ2) is 11.8. The minimum absolute atomic E-state index is 0.0957. The summed E-state index contributed by atoms with van der Waals surface area (Å²) in [6.45, 7) is 0.443. The summed E-state index contributed by atoms with van der Waals surface area (Å²) in [5.74, 6) is -2.96. The highest BCUT2D eigenvalue weighted by Gasteiger charge is 2.46. The number of halogens is 2. The maximum atomic E-state index is 14.8. The van der Waals surface area contributed by atoms with E-state index in [1.165, 1.54) is 6.07 Å². The van der Waals surface area contributed by atoms with E-state index >= 15 is 0 Å². The zero-order chi connectivity index (χ0) is 31.1. The maximum absolute atomic E-state index is 14.8. The van der Waals surface area contributed by atoms with Crippen molar-refractivity contribution in [2.24, 2.45) is 0 Å². The lowest BCUT2D eigenvalue weighted by Crippen LogP contribution is -2.56. The molecule has 1 N–H and O–H groups in total. The highest BCUT2D eigenvalue weighted by molar-refractivity contribution is 7.91. The third-order valence-corrected chi connectivity index (χ3v) is 9.74. The largest absolute Gasteiger partial charge is 0.376 e. The molecule has 10 nitrogen and oxygen atoms in total. The van der Waals surface area contributed by atoms with Crippen LogP contribution in [0.2, 0.25) is 0 Å². The SMILES string of the molecule is CN(C)[C@@H]1CCN(c2cccc(-c3ccc4cnc(CNC(=O)c5ccc6c(c5)S(=O)(=O)CCOC6)cc4n3)n2)CC1(F)F. The molecular weight excluding hydrogens is 590 g/mol. The van der Waals surface area contributed by atoms with Crippen LogP contribution in [0.3, 0.4) is 0 Å². The number of amides is 1. The van der Waals surface area contributed by atoms with Crippen molar-refractivity contribution in [1.29, 1.82) is 0 Å². The van der Waals surface area contributed by atoms with Gasteiger partial charge in [-0.2, -0.15) is 0 Å². The number of piperidine rings is 1. The Bertz CT molecular complexity index is 1840. The minimum Gasteiger partial charge on any atom is -0.376 e. The van der Waals surface area contributed by atoms with Gasteiger partial charge in [0.15, 0.2) is 9.84 Å². The Morgan fingerprint density at radius 1 is 1.11 bits per heavy atom. The van der Waals surface area contributed by atoms with Crippen molar-refractivity contribution in [2.45, 2.75) is 36.4 Å². The van der Waals surface area contributed by atoms with Gasteiger partial charge in [0.1, 0.15) is 5.82 Å². The van der Waals surface area contributed by atoms with E-state index in [0.29, 0.717) is 46.9 Å². The molecule has 1 amide bonds. The number of nitrogens with zero attached hydrogens (tertiary/aromatic N) is 5. The number of aromatic nitrogens is 3. The first-order valence-electron chi connectivity index (χ1n) is 14.2. The lowest BCUT2D eigenvalue weighted by atomic mass is 10.00. The van der Waals surface area contributed by atoms with E-state index in [2.05, 4.69) is 15.3 Å². The van der Waals surface area contributed by atoms with Crippen LogP contribution in [0.1, 0.15) is 28.0 Å². The molecule has 1 fully saturated rings. The fourth-order valence-electron chi connectivity index (χ4n) is 5.64. The summed E-state index contributed by atoms with van der Waals surface area (Å²) in [7, 11) is -0.192. The Morgan fingerprint density at radius 2 is 1.93 bits per heavy atom. The van der Waals surface area contributed by atoms with Gasteiger partial charge < -0.3 is 19.9 Å². The molecular formula is C31H32F2N6O4S. The Kier molecular flexibility index (Phi) is 8.03. The highest BCUT2D eigenvalue weighted by atomic mass is 32.2. The van der Waals surface area contributed by atoms with Crippen LogP contribution < -0.4 is 10.2 Å². The van der Waals surface area contributed by atoms with E-state index in [-0.39, 0.29) is 36.0 Å². The molecule has 13 heteroatoms. The second-order valence-corrected chi connectivity index (χ2v) is 13.4. The van der Waals surface area contributed by atoms with Gasteiger partial charge in [-0.05, 0) is 68.5 Å². The molecule has 4 aromatic rings. The molecule has 0 saturated carbocycles. The molecule has 0 bridgehead atoms. The van der Waals surface area contributed by atoms with Crippen LogP contribution in [0.15, 0.2) is 65.7 Å². The van der Waals surface area contributed by atoms with Gasteiger partial charge in [0.2, 0.25) is 0 Å². The predicted molar refractivity (Wildman–Crippen MR) is 161 cm³/mol. The number of anilines is 1. The molecule has 0 radical (unpaired) electrons. The second-order valence-electron chi connectivity index (χ2n) is 11.3. The number of ether oxygens (including phenoxy) is 1. The zero-order valence-electron chi connectivity index (χ0n) is 24.3. The standard InChI is InChI=1S/C31H32F2N6O4S/c1-38(2)28-10-11-39(19-31(28,32)33)29-5-3-4-24(37-29)25-9-8-21-16-34-23(15-26(21)36-25)17-35-30(40)20-6-7-22-18-43-12-13-44(41,42)27(22)14-20/h3-9,14-16,28H,10-13,17-19H2,1-2H3,(H,35,40)/t28-/m1/s1. The van der Waals surface area contributed by atoms with Gasteiger partial charge in [0.05, 0.1) is 65.6 Å². The van der Waals surface area contributed by atoms with Crippen molar-refractivity contribution in [3.8, 4) is 11.4 Å². The molecule has 2 aliphatic heterocycles. The number of alkyl halides is 2. The van der Waals surface area contributed by atoms with E-state index in [1.807, 2.05) is 12.1 Å². The molecule has 5 heterocycles. The normalized spacial score (nSPS) is 19.4. The number of benzene rings is 1. The number of hydrogen-bond donors (Lipinski definition) is 1. The van der Waals surface area contributed by atoms with E-state index in [0.717, 1.165) is 5.39 Å². The lowest BCUT2D eigenvalue weighted by Gasteiger charge is -2.41. The smallest absolute Gasteiger partial charge is 0.280 e. The van der Waals surface area contributed by atoms with Crippen LogP contribution in [0.25, 0.3) is 22.3 Å². The van der Waals surface area contributed by atoms with Crippen LogP contribution in [0.5, 0.6) is 0 Å². The summed E-state index contributed by atoms with van der Waals surface area (Å²) in [5, 5.41) is 3.58. The number of carbonyl (C=O) groups excluding carboxylic acids is 1. The third-order valence-electron chi connectivity index (χ3n) is 7.98. The molecule has 0 aliphatic carbocycles. The topological polar surface area (TPSA) is 118 Å². The summed E-state index contributed by atoms with van der Waals surface area (Å²) < 4.78 is 60.2. The molecule has 44 heavy (non-hydrogen) atoms. The number of sulfone groups is 1. The molecule has 0 spiro atoms. The van der Waals surface area contributed by atoms with Gasteiger partial charge in [-0.15, -0.1) is 0 Å². The molecule has 2 aliphatic rings.